The molecule has 0 fully saturated rings. The smallest absolute Gasteiger partial charge is 0.246 e. The molecule has 0 aliphatic carbocycles. The van der Waals surface area contributed by atoms with Crippen molar-refractivity contribution in [1.29, 1.82) is 0 Å². The molecule has 0 aromatic rings. The lowest BCUT2D eigenvalue weighted by atomic mass is 10.2. The van der Waals surface area contributed by atoms with E-state index in [0.717, 1.165) is 0 Å². The number of methoxy groups -OCH3 is 4. The molecule has 97 heavy (non-hydrogen) atoms. The summed E-state index contributed by atoms with van der Waals surface area (Å²) >= 11 is 0. The Morgan fingerprint density at radius 2 is 0.392 bits per heavy atom. The number of hydrogen-bond acceptors (Lipinski definition) is 26. The van der Waals surface area contributed by atoms with E-state index in [1.807, 2.05) is 14.7 Å². The summed E-state index contributed by atoms with van der Waals surface area (Å²) in [6.45, 7) is 10.4. The number of nitrogens with one attached hydrogen (secondary N) is 11. The predicted molar refractivity (Wildman–Crippen MR) is 355 cm³/mol. The van der Waals surface area contributed by atoms with Crippen LogP contribution < -0.4 is 58.5 Å². The van der Waals surface area contributed by atoms with Gasteiger partial charge in [0.25, 0.3) is 0 Å². The lowest BCUT2D eigenvalue weighted by Crippen LogP contribution is -2.42. The van der Waals surface area contributed by atoms with Crippen molar-refractivity contribution in [3.63, 3.8) is 0 Å². The quantitative estimate of drug-likeness (QED) is 0.0252. The van der Waals surface area contributed by atoms with Gasteiger partial charge in [-0.2, -0.15) is 0 Å². The highest BCUT2D eigenvalue weighted by atomic mass is 16.6. The second-order valence-electron chi connectivity index (χ2n) is 21.3. The van der Waals surface area contributed by atoms with Crippen LogP contribution in [-0.2, 0) is 105 Å². The highest BCUT2D eigenvalue weighted by Gasteiger charge is 2.17. The summed E-state index contributed by atoms with van der Waals surface area (Å²) in [7, 11) is 8.08. The van der Waals surface area contributed by atoms with Crippen LogP contribution >= 0.6 is 0 Å². The van der Waals surface area contributed by atoms with E-state index in [0.29, 0.717) is 119 Å². The Labute approximate surface area is 572 Å². The van der Waals surface area contributed by atoms with Gasteiger partial charge in [-0.15, -0.1) is 0 Å². The number of carbonyl (C=O) groups excluding carboxylic acids is 10. The van der Waals surface area contributed by atoms with Crippen LogP contribution in [0.2, 0.25) is 0 Å². The van der Waals surface area contributed by atoms with Crippen LogP contribution in [0.4, 0.5) is 0 Å². The van der Waals surface area contributed by atoms with Gasteiger partial charge in [0.05, 0.1) is 106 Å². The normalized spacial score (nSPS) is 11.2. The van der Waals surface area contributed by atoms with Crippen molar-refractivity contribution in [3.05, 3.63) is 0 Å². The van der Waals surface area contributed by atoms with E-state index in [1.54, 1.807) is 35.5 Å². The molecular formula is C61H118N14O22. The third-order valence-corrected chi connectivity index (χ3v) is 13.3. The maximum absolute atomic E-state index is 13.2. The number of amides is 10. The van der Waals surface area contributed by atoms with Crippen molar-refractivity contribution in [2.24, 2.45) is 0 Å². The molecule has 36 heteroatoms. The molecule has 564 valence electrons. The molecule has 0 aromatic carbocycles. The summed E-state index contributed by atoms with van der Waals surface area (Å²) in [6.07, 6.45) is 0.520. The highest BCUT2D eigenvalue weighted by Crippen LogP contribution is 2.00. The number of nitrogens with zero attached hydrogens (tertiary/aromatic N) is 3. The van der Waals surface area contributed by atoms with E-state index in [9.17, 15) is 47.9 Å². The summed E-state index contributed by atoms with van der Waals surface area (Å²) in [5.74, 6) is -2.98. The first-order chi connectivity index (χ1) is 47.1. The number of likely N-dealkylation sites (N-methyl/N-ethyl adjacent to an activating group) is 1. The van der Waals surface area contributed by atoms with Crippen LogP contribution in [-0.4, -0.2) is 372 Å². The average Bonchev–Trinajstić information content (AvgIpc) is 2.63. The maximum Gasteiger partial charge on any atom is 0.246 e. The molecule has 0 atom stereocenters. The maximum atomic E-state index is 13.2. The molecule has 0 heterocycles. The molecule has 0 rings (SSSR count). The number of ether oxygens (including phenoxy) is 12. The molecule has 0 saturated heterocycles. The summed E-state index contributed by atoms with van der Waals surface area (Å²) in [6, 6.07) is 0. The number of carbonyl (C=O) groups is 10. The Morgan fingerprint density at radius 3 is 0.598 bits per heavy atom. The Morgan fingerprint density at radius 1 is 0.216 bits per heavy atom. The topological polar surface area (TPSA) is 424 Å². The van der Waals surface area contributed by atoms with Crippen LogP contribution in [0.15, 0.2) is 0 Å². The van der Waals surface area contributed by atoms with Crippen molar-refractivity contribution in [3.8, 4) is 0 Å². The van der Waals surface area contributed by atoms with E-state index < -0.39 is 0 Å². The molecule has 10 amide bonds. The van der Waals surface area contributed by atoms with Gasteiger partial charge in [0, 0.05) is 198 Å². The van der Waals surface area contributed by atoms with Crippen LogP contribution in [0.1, 0.15) is 38.5 Å². The fourth-order valence-electron chi connectivity index (χ4n) is 8.00. The van der Waals surface area contributed by atoms with Gasteiger partial charge in [-0.3, -0.25) is 47.9 Å². The third kappa shape index (κ3) is 64.5. The first-order valence-corrected chi connectivity index (χ1v) is 33.2. The van der Waals surface area contributed by atoms with Crippen LogP contribution in [0.25, 0.3) is 0 Å². The van der Waals surface area contributed by atoms with Gasteiger partial charge in [-0.05, 0) is 7.05 Å². The minimum atomic E-state index is -0.345. The van der Waals surface area contributed by atoms with Crippen LogP contribution in [0, 0.1) is 0 Å². The zero-order valence-corrected chi connectivity index (χ0v) is 58.4. The number of hydrogen-bond donors (Lipinski definition) is 11. The molecule has 0 aliphatic rings. The third-order valence-electron chi connectivity index (χ3n) is 13.3. The molecule has 36 nitrogen and oxygen atoms in total. The fourth-order valence-corrected chi connectivity index (χ4v) is 8.00. The molecule has 11 N–H and O–H groups in total. The van der Waals surface area contributed by atoms with E-state index in [2.05, 4.69) is 58.5 Å². The van der Waals surface area contributed by atoms with Crippen LogP contribution in [0.5, 0.6) is 0 Å². The Hall–Kier alpha value is -5.94. The largest absolute Gasteiger partial charge is 0.382 e. The molecule has 0 radical (unpaired) electrons. The first kappa shape index (κ1) is 91.1. The average molecular weight is 1400 g/mol. The van der Waals surface area contributed by atoms with Crippen molar-refractivity contribution >= 4 is 59.1 Å². The first-order valence-electron chi connectivity index (χ1n) is 33.2. The fraction of sp³-hybridized carbons (Fsp3) is 0.836. The Kier molecular flexibility index (Phi) is 64.4. The standard InChI is InChI=1S/C61H118N14O22/c1-62-20-29-73(23-10-56(80)71-21-30-74(25-6-52(76)63-12-16-67-58(82)48-94-44-40-90-36-32-86-2)26-7-53(77)64-13-17-68-59(83)49-95-45-41-91-37-33-87-3)24-11-57(81)72-22-31-75(27-8-54(78)65-14-18-69-60(84)50-96-46-42-92-38-34-88-4)28-9-55(79)66-15-19-70-61(85)51-97-47-43-93-39-35-89-5/h62H,6-51H2,1-5H3,(H,63,76)(H,64,77)(H,65,78)(H,66,79)(H,67,82)(H,68,83)(H,69,84)(H,70,85)(H,71,80)(H,72,81). The summed E-state index contributed by atoms with van der Waals surface area (Å²) in [5, 5.41) is 30.8. The second kappa shape index (κ2) is 68.6. The lowest BCUT2D eigenvalue weighted by Gasteiger charge is -2.24. The minimum Gasteiger partial charge on any atom is -0.382 e. The zero-order valence-electron chi connectivity index (χ0n) is 58.4. The zero-order chi connectivity index (χ0) is 71.3. The van der Waals surface area contributed by atoms with Gasteiger partial charge < -0.3 is 130 Å². The molecule has 0 bridgehead atoms. The molecule has 0 aliphatic heterocycles. The van der Waals surface area contributed by atoms with E-state index in [1.165, 1.54) is 0 Å². The Bertz CT molecular complexity index is 1810. The van der Waals surface area contributed by atoms with Gasteiger partial charge in [0.15, 0.2) is 0 Å². The van der Waals surface area contributed by atoms with Gasteiger partial charge in [-0.25, -0.2) is 0 Å². The van der Waals surface area contributed by atoms with E-state index in [-0.39, 0.29) is 242 Å². The van der Waals surface area contributed by atoms with Gasteiger partial charge >= 0.3 is 0 Å². The minimum absolute atomic E-state index is 0.0692. The van der Waals surface area contributed by atoms with E-state index in [4.69, 9.17) is 56.8 Å². The summed E-state index contributed by atoms with van der Waals surface area (Å²) in [4.78, 5) is 132. The van der Waals surface area contributed by atoms with Gasteiger partial charge in [-0.1, -0.05) is 0 Å². The van der Waals surface area contributed by atoms with E-state index >= 15 is 0 Å². The summed E-state index contributed by atoms with van der Waals surface area (Å²) < 4.78 is 62.1. The summed E-state index contributed by atoms with van der Waals surface area (Å²) in [5.41, 5.74) is 0. The van der Waals surface area contributed by atoms with Crippen molar-refractivity contribution in [2.45, 2.75) is 38.5 Å². The molecular weight excluding hydrogens is 1280 g/mol. The van der Waals surface area contributed by atoms with Gasteiger partial charge in [0.2, 0.25) is 59.1 Å². The highest BCUT2D eigenvalue weighted by molar-refractivity contribution is 5.80. The monoisotopic (exact) mass is 1400 g/mol. The molecule has 0 aromatic heterocycles. The molecule has 0 spiro atoms. The predicted octanol–water partition coefficient (Wildman–Crippen LogP) is -6.67. The second-order valence-corrected chi connectivity index (χ2v) is 21.3. The number of rotatable bonds is 71. The molecule has 0 saturated carbocycles. The van der Waals surface area contributed by atoms with Gasteiger partial charge in [0.1, 0.15) is 26.4 Å². The van der Waals surface area contributed by atoms with Crippen LogP contribution in [0.3, 0.4) is 0 Å². The van der Waals surface area contributed by atoms with Crippen molar-refractivity contribution < 1.29 is 105 Å². The SMILES string of the molecule is CNCCN(CCC(=O)NCCN(CCC(=O)NCCNC(=O)COCCOCCOC)CCC(=O)NCCNC(=O)COCCOCCOC)CCC(=O)NCCN(CCC(=O)NCCNC(=O)COCCOCCOC)CCC(=O)NCCNC(=O)COCCOCCOC. The van der Waals surface area contributed by atoms with Crippen molar-refractivity contribution in [1.82, 2.24) is 73.2 Å². The van der Waals surface area contributed by atoms with Crippen molar-refractivity contribution in [2.75, 3.05) is 299 Å². The Balaban J connectivity index is 5.37. The lowest BCUT2D eigenvalue weighted by molar-refractivity contribution is -0.127. The molecule has 0 unspecified atom stereocenters.